The number of benzene rings is 1. The Labute approximate surface area is 122 Å². The summed E-state index contributed by atoms with van der Waals surface area (Å²) in [5, 5.41) is 11.1. The summed E-state index contributed by atoms with van der Waals surface area (Å²) < 4.78 is 0. The summed E-state index contributed by atoms with van der Waals surface area (Å²) in [6.45, 7) is 1.17. The molecule has 0 spiro atoms. The molecule has 1 aliphatic heterocycles. The van der Waals surface area contributed by atoms with Crippen LogP contribution in [0, 0.1) is 10.1 Å². The number of carbonyl (C=O) groups excluding carboxylic acids is 1. The number of nitrogens with zero attached hydrogens (tertiary/aromatic N) is 3. The van der Waals surface area contributed by atoms with Gasteiger partial charge in [-0.25, -0.2) is 0 Å². The second-order valence-electron chi connectivity index (χ2n) is 5.29. The van der Waals surface area contributed by atoms with Crippen LogP contribution in [-0.4, -0.2) is 53.9 Å². The van der Waals surface area contributed by atoms with Crippen molar-refractivity contribution in [2.45, 2.75) is 12.5 Å². The highest BCUT2D eigenvalue weighted by molar-refractivity contribution is 5.99. The molecule has 1 atom stereocenters. The fourth-order valence-corrected chi connectivity index (χ4v) is 2.47. The number of anilines is 1. The number of nitro benzene ring substituents is 1. The van der Waals surface area contributed by atoms with Gasteiger partial charge < -0.3 is 15.2 Å². The maximum Gasteiger partial charge on any atom is 0.282 e. The van der Waals surface area contributed by atoms with Gasteiger partial charge in [0.2, 0.25) is 0 Å². The molecule has 1 aliphatic rings. The van der Waals surface area contributed by atoms with E-state index in [0.29, 0.717) is 18.8 Å². The Bertz CT molecular complexity index is 561. The summed E-state index contributed by atoms with van der Waals surface area (Å²) >= 11 is 0. The van der Waals surface area contributed by atoms with Crippen molar-refractivity contribution in [1.82, 2.24) is 9.80 Å². The van der Waals surface area contributed by atoms with Gasteiger partial charge >= 0.3 is 0 Å². The quantitative estimate of drug-likeness (QED) is 0.480. The van der Waals surface area contributed by atoms with E-state index in [1.807, 2.05) is 14.1 Å². The van der Waals surface area contributed by atoms with Crippen molar-refractivity contribution in [3.05, 3.63) is 33.9 Å². The smallest absolute Gasteiger partial charge is 0.282 e. The van der Waals surface area contributed by atoms with Gasteiger partial charge in [0.15, 0.2) is 0 Å². The van der Waals surface area contributed by atoms with Crippen LogP contribution < -0.4 is 11.3 Å². The van der Waals surface area contributed by atoms with E-state index in [4.69, 9.17) is 5.84 Å². The van der Waals surface area contributed by atoms with Gasteiger partial charge in [0.1, 0.15) is 5.56 Å². The summed E-state index contributed by atoms with van der Waals surface area (Å²) in [6.07, 6.45) is 0.862. The van der Waals surface area contributed by atoms with Gasteiger partial charge in [-0.15, -0.1) is 0 Å². The standard InChI is InChI=1S/C13H19N5O3/c1-16(2)10-5-6-17(8-10)13(19)11-7-9(15-14)3-4-12(11)18(20)21/h3-4,7,10,15H,5-6,8,14H2,1-2H3. The van der Waals surface area contributed by atoms with Crippen molar-refractivity contribution in [3.8, 4) is 0 Å². The molecule has 1 unspecified atom stereocenters. The number of likely N-dealkylation sites (N-methyl/N-ethyl adjacent to an activating group) is 1. The fraction of sp³-hybridized carbons (Fsp3) is 0.462. The summed E-state index contributed by atoms with van der Waals surface area (Å²) in [4.78, 5) is 26.8. The number of nitrogens with two attached hydrogens (primary N) is 1. The molecular formula is C13H19N5O3. The fourth-order valence-electron chi connectivity index (χ4n) is 2.47. The second-order valence-corrected chi connectivity index (χ2v) is 5.29. The van der Waals surface area contributed by atoms with Crippen LogP contribution in [0.25, 0.3) is 0 Å². The number of hydrogen-bond donors (Lipinski definition) is 2. The predicted octanol–water partition coefficient (Wildman–Crippen LogP) is 0.657. The highest BCUT2D eigenvalue weighted by atomic mass is 16.6. The Balaban J connectivity index is 2.28. The summed E-state index contributed by atoms with van der Waals surface area (Å²) in [5.74, 6) is 4.98. The first-order valence-electron chi connectivity index (χ1n) is 6.64. The van der Waals surface area contributed by atoms with Gasteiger partial charge in [-0.1, -0.05) is 0 Å². The molecular weight excluding hydrogens is 274 g/mol. The number of nitrogen functional groups attached to an aromatic ring is 1. The average Bonchev–Trinajstić information content (AvgIpc) is 2.95. The Kier molecular flexibility index (Phi) is 4.39. The molecule has 2 rings (SSSR count). The van der Waals surface area contributed by atoms with Gasteiger partial charge in [-0.2, -0.15) is 0 Å². The van der Waals surface area contributed by atoms with Crippen LogP contribution in [-0.2, 0) is 0 Å². The number of nitro groups is 1. The van der Waals surface area contributed by atoms with Crippen molar-refractivity contribution >= 4 is 17.3 Å². The Morgan fingerprint density at radius 1 is 1.52 bits per heavy atom. The molecule has 8 heteroatoms. The average molecular weight is 293 g/mol. The maximum absolute atomic E-state index is 12.5. The Morgan fingerprint density at radius 2 is 2.24 bits per heavy atom. The molecule has 3 N–H and O–H groups in total. The number of amides is 1. The molecule has 0 aliphatic carbocycles. The lowest BCUT2D eigenvalue weighted by Gasteiger charge is -2.20. The summed E-state index contributed by atoms with van der Waals surface area (Å²) in [7, 11) is 3.92. The van der Waals surface area contributed by atoms with E-state index in [1.165, 1.54) is 18.2 Å². The van der Waals surface area contributed by atoms with Crippen LogP contribution >= 0.6 is 0 Å². The van der Waals surface area contributed by atoms with Crippen molar-refractivity contribution in [2.75, 3.05) is 32.6 Å². The van der Waals surface area contributed by atoms with Crippen LogP contribution in [0.15, 0.2) is 18.2 Å². The van der Waals surface area contributed by atoms with Crippen LogP contribution in [0.2, 0.25) is 0 Å². The van der Waals surface area contributed by atoms with E-state index in [2.05, 4.69) is 10.3 Å². The van der Waals surface area contributed by atoms with E-state index in [1.54, 1.807) is 4.90 Å². The molecule has 114 valence electrons. The highest BCUT2D eigenvalue weighted by Gasteiger charge is 2.31. The number of hydrazine groups is 1. The lowest BCUT2D eigenvalue weighted by Crippen LogP contribution is -2.34. The molecule has 1 heterocycles. The van der Waals surface area contributed by atoms with Crippen molar-refractivity contribution < 1.29 is 9.72 Å². The molecule has 0 aromatic heterocycles. The van der Waals surface area contributed by atoms with E-state index in [9.17, 15) is 14.9 Å². The summed E-state index contributed by atoms with van der Waals surface area (Å²) in [6, 6.07) is 4.47. The van der Waals surface area contributed by atoms with E-state index >= 15 is 0 Å². The SMILES string of the molecule is CN(C)C1CCN(C(=O)c2cc(NN)ccc2[N+](=O)[O-])C1. The zero-order chi connectivity index (χ0) is 15.6. The van der Waals surface area contributed by atoms with Crippen LogP contribution in [0.3, 0.4) is 0 Å². The number of carbonyl (C=O) groups is 1. The largest absolute Gasteiger partial charge is 0.337 e. The zero-order valence-corrected chi connectivity index (χ0v) is 12.1. The normalized spacial score (nSPS) is 18.1. The third kappa shape index (κ3) is 3.11. The molecule has 1 aromatic rings. The molecule has 8 nitrogen and oxygen atoms in total. The minimum absolute atomic E-state index is 0.0647. The summed E-state index contributed by atoms with van der Waals surface area (Å²) in [5.41, 5.74) is 2.73. The second kappa shape index (κ2) is 6.06. The first-order valence-corrected chi connectivity index (χ1v) is 6.64. The third-order valence-electron chi connectivity index (χ3n) is 3.77. The zero-order valence-electron chi connectivity index (χ0n) is 12.1. The lowest BCUT2D eigenvalue weighted by molar-refractivity contribution is -0.385. The predicted molar refractivity (Wildman–Crippen MR) is 78.9 cm³/mol. The number of rotatable bonds is 4. The highest BCUT2D eigenvalue weighted by Crippen LogP contribution is 2.25. The topological polar surface area (TPSA) is 105 Å². The Morgan fingerprint density at radius 3 is 2.76 bits per heavy atom. The molecule has 1 aromatic carbocycles. The first-order chi connectivity index (χ1) is 9.93. The van der Waals surface area contributed by atoms with Gasteiger partial charge in [-0.3, -0.25) is 20.8 Å². The van der Waals surface area contributed by atoms with Crippen LogP contribution in [0.1, 0.15) is 16.8 Å². The molecule has 0 bridgehead atoms. The molecule has 0 radical (unpaired) electrons. The van der Waals surface area contributed by atoms with Gasteiger partial charge in [0.05, 0.1) is 4.92 Å². The minimum atomic E-state index is -0.549. The molecule has 1 fully saturated rings. The minimum Gasteiger partial charge on any atom is -0.337 e. The van der Waals surface area contributed by atoms with E-state index in [-0.39, 0.29) is 23.2 Å². The number of hydrogen-bond acceptors (Lipinski definition) is 6. The van der Waals surface area contributed by atoms with E-state index < -0.39 is 4.92 Å². The monoisotopic (exact) mass is 293 g/mol. The van der Waals surface area contributed by atoms with Gasteiger partial charge in [0, 0.05) is 30.9 Å². The maximum atomic E-state index is 12.5. The number of likely N-dealkylation sites (tertiary alicyclic amines) is 1. The number of nitrogens with one attached hydrogen (secondary N) is 1. The van der Waals surface area contributed by atoms with Crippen molar-refractivity contribution in [2.24, 2.45) is 5.84 Å². The van der Waals surface area contributed by atoms with Crippen molar-refractivity contribution in [3.63, 3.8) is 0 Å². The third-order valence-corrected chi connectivity index (χ3v) is 3.77. The van der Waals surface area contributed by atoms with Crippen LogP contribution in [0.4, 0.5) is 11.4 Å². The molecule has 1 saturated heterocycles. The first kappa shape index (κ1) is 15.2. The van der Waals surface area contributed by atoms with Crippen molar-refractivity contribution in [1.29, 1.82) is 0 Å². The molecule has 21 heavy (non-hydrogen) atoms. The van der Waals surface area contributed by atoms with Gasteiger partial charge in [0.25, 0.3) is 11.6 Å². The Hall–Kier alpha value is -2.19. The van der Waals surface area contributed by atoms with Gasteiger partial charge in [-0.05, 0) is 32.6 Å². The molecule has 1 amide bonds. The lowest BCUT2D eigenvalue weighted by atomic mass is 10.1. The molecule has 0 saturated carbocycles. The van der Waals surface area contributed by atoms with Crippen LogP contribution in [0.5, 0.6) is 0 Å². The van der Waals surface area contributed by atoms with E-state index in [0.717, 1.165) is 6.42 Å².